The maximum Gasteiger partial charge on any atom is 0.310 e. The average Bonchev–Trinajstić information content (AvgIpc) is 2.96. The van der Waals surface area contributed by atoms with E-state index in [0.717, 1.165) is 24.0 Å². The van der Waals surface area contributed by atoms with Gasteiger partial charge in [0.2, 0.25) is 0 Å². The summed E-state index contributed by atoms with van der Waals surface area (Å²) < 4.78 is 5.40. The van der Waals surface area contributed by atoms with Crippen LogP contribution in [0.25, 0.3) is 0 Å². The van der Waals surface area contributed by atoms with Crippen LogP contribution in [0.4, 0.5) is 0 Å². The first-order valence-electron chi connectivity index (χ1n) is 9.12. The van der Waals surface area contributed by atoms with Gasteiger partial charge in [-0.15, -0.1) is 0 Å². The first kappa shape index (κ1) is 15.0. The minimum Gasteiger partial charge on any atom is -0.427 e. The van der Waals surface area contributed by atoms with Crippen LogP contribution in [0.3, 0.4) is 0 Å². The lowest BCUT2D eigenvalue weighted by Crippen LogP contribution is -2.39. The zero-order chi connectivity index (χ0) is 16.0. The van der Waals surface area contributed by atoms with E-state index in [1.54, 1.807) is 0 Å². The van der Waals surface area contributed by atoms with Gasteiger partial charge in [-0.1, -0.05) is 32.1 Å². The predicted octanol–water partition coefficient (Wildman–Crippen LogP) is 5.02. The Labute approximate surface area is 138 Å². The molecule has 4 atom stereocenters. The molecule has 3 unspecified atom stereocenters. The Morgan fingerprint density at radius 2 is 2.22 bits per heavy atom. The van der Waals surface area contributed by atoms with E-state index >= 15 is 0 Å². The molecule has 0 amide bonds. The lowest BCUT2D eigenvalue weighted by molar-refractivity contribution is -0.134. The number of esters is 1. The Morgan fingerprint density at radius 1 is 1.35 bits per heavy atom. The average molecular weight is 310 g/mol. The first-order valence-corrected chi connectivity index (χ1v) is 9.12. The van der Waals surface area contributed by atoms with E-state index in [1.165, 1.54) is 36.8 Å². The molecule has 2 heteroatoms. The van der Waals surface area contributed by atoms with Gasteiger partial charge in [0.15, 0.2) is 0 Å². The van der Waals surface area contributed by atoms with E-state index in [2.05, 4.69) is 31.2 Å². The third-order valence-corrected chi connectivity index (χ3v) is 6.54. The van der Waals surface area contributed by atoms with Gasteiger partial charge in [-0.2, -0.15) is 0 Å². The lowest BCUT2D eigenvalue weighted by atomic mass is 9.56. The predicted molar refractivity (Wildman–Crippen MR) is 91.5 cm³/mol. The molecule has 3 aliphatic rings. The quantitative estimate of drug-likeness (QED) is 0.435. The number of fused-ring (bicyclic) bond motifs is 5. The molecule has 0 radical (unpaired) electrons. The van der Waals surface area contributed by atoms with Gasteiger partial charge in [-0.05, 0) is 78.5 Å². The Kier molecular flexibility index (Phi) is 3.59. The van der Waals surface area contributed by atoms with E-state index in [-0.39, 0.29) is 5.97 Å². The van der Waals surface area contributed by atoms with E-state index in [9.17, 15) is 4.79 Å². The van der Waals surface area contributed by atoms with Gasteiger partial charge < -0.3 is 4.74 Å². The summed E-state index contributed by atoms with van der Waals surface area (Å²) in [6.45, 7) is 4.29. The standard InChI is InChI=1S/C21H26O2/c1-3-20(22)23-15-7-9-16-14(13-15)6-8-18-17(16)10-12-21(2)11-4-5-19(18)21/h4,7,9,11,13,17-19H,3,5-6,8,10,12H2,1-2H3/t17?,18?,19?,21-/m0/s1. The molecule has 0 aliphatic heterocycles. The third kappa shape index (κ3) is 2.43. The summed E-state index contributed by atoms with van der Waals surface area (Å²) in [4.78, 5) is 11.5. The van der Waals surface area contributed by atoms with Crippen molar-refractivity contribution in [2.75, 3.05) is 0 Å². The number of hydrogen-bond acceptors (Lipinski definition) is 2. The molecule has 0 heterocycles. The number of aryl methyl sites for hydroxylation is 1. The Balaban J connectivity index is 1.60. The molecule has 1 aromatic carbocycles. The molecule has 1 saturated carbocycles. The Morgan fingerprint density at radius 3 is 3.04 bits per heavy atom. The second-order valence-corrected chi connectivity index (χ2v) is 7.79. The van der Waals surface area contributed by atoms with Gasteiger partial charge in [0.05, 0.1) is 0 Å². The van der Waals surface area contributed by atoms with Crippen molar-refractivity contribution in [2.24, 2.45) is 17.3 Å². The van der Waals surface area contributed by atoms with Crippen molar-refractivity contribution in [1.29, 1.82) is 0 Å². The molecule has 23 heavy (non-hydrogen) atoms. The molecular formula is C21H26O2. The van der Waals surface area contributed by atoms with Gasteiger partial charge in [-0.3, -0.25) is 4.79 Å². The SMILES string of the molecule is CCC(=O)Oc1ccc2c(c1)CCC1C2CC[C@]2(C)C=CCC12. The monoisotopic (exact) mass is 310 g/mol. The number of allylic oxidation sites excluding steroid dienone is 2. The molecule has 1 fully saturated rings. The Bertz CT molecular complexity index is 660. The van der Waals surface area contributed by atoms with E-state index in [1.807, 2.05) is 13.0 Å². The summed E-state index contributed by atoms with van der Waals surface area (Å²) in [7, 11) is 0. The smallest absolute Gasteiger partial charge is 0.310 e. The second-order valence-electron chi connectivity index (χ2n) is 7.79. The molecule has 4 rings (SSSR count). The highest BCUT2D eigenvalue weighted by Crippen LogP contribution is 2.58. The highest BCUT2D eigenvalue weighted by Gasteiger charge is 2.48. The van der Waals surface area contributed by atoms with Crippen LogP contribution in [0.2, 0.25) is 0 Å². The van der Waals surface area contributed by atoms with Crippen molar-refractivity contribution < 1.29 is 9.53 Å². The molecule has 0 N–H and O–H groups in total. The summed E-state index contributed by atoms with van der Waals surface area (Å²) in [5, 5.41) is 0. The zero-order valence-corrected chi connectivity index (χ0v) is 14.2. The maximum absolute atomic E-state index is 11.5. The largest absolute Gasteiger partial charge is 0.427 e. The number of ether oxygens (including phenoxy) is 1. The van der Waals surface area contributed by atoms with Crippen molar-refractivity contribution in [3.8, 4) is 5.75 Å². The van der Waals surface area contributed by atoms with Gasteiger partial charge >= 0.3 is 5.97 Å². The first-order chi connectivity index (χ1) is 11.1. The molecule has 122 valence electrons. The lowest BCUT2D eigenvalue weighted by Gasteiger charge is -2.49. The summed E-state index contributed by atoms with van der Waals surface area (Å²) in [6.07, 6.45) is 11.6. The number of carbonyl (C=O) groups excluding carboxylic acids is 1. The van der Waals surface area contributed by atoms with Crippen LogP contribution < -0.4 is 4.74 Å². The fraction of sp³-hybridized carbons (Fsp3) is 0.571. The van der Waals surface area contributed by atoms with E-state index in [4.69, 9.17) is 4.74 Å². The minimum absolute atomic E-state index is 0.149. The minimum atomic E-state index is -0.149. The second kappa shape index (κ2) is 5.51. The molecule has 0 saturated heterocycles. The molecular weight excluding hydrogens is 284 g/mol. The van der Waals surface area contributed by atoms with Gasteiger partial charge in [0.25, 0.3) is 0 Å². The summed E-state index contributed by atoms with van der Waals surface area (Å²) in [5.41, 5.74) is 3.36. The topological polar surface area (TPSA) is 26.3 Å². The fourth-order valence-corrected chi connectivity index (χ4v) is 5.31. The molecule has 1 aromatic rings. The van der Waals surface area contributed by atoms with Crippen molar-refractivity contribution in [1.82, 2.24) is 0 Å². The molecule has 3 aliphatic carbocycles. The third-order valence-electron chi connectivity index (χ3n) is 6.54. The molecule has 0 bridgehead atoms. The van der Waals surface area contributed by atoms with E-state index < -0.39 is 0 Å². The van der Waals surface area contributed by atoms with Crippen molar-refractivity contribution in [3.05, 3.63) is 41.5 Å². The zero-order valence-electron chi connectivity index (χ0n) is 14.2. The fourth-order valence-electron chi connectivity index (χ4n) is 5.31. The van der Waals surface area contributed by atoms with Crippen molar-refractivity contribution in [2.45, 2.75) is 58.3 Å². The number of rotatable bonds is 2. The maximum atomic E-state index is 11.5. The molecule has 2 nitrogen and oxygen atoms in total. The van der Waals surface area contributed by atoms with Crippen molar-refractivity contribution in [3.63, 3.8) is 0 Å². The number of carbonyl (C=O) groups is 1. The van der Waals surface area contributed by atoms with Gasteiger partial charge in [-0.25, -0.2) is 0 Å². The van der Waals surface area contributed by atoms with Crippen LogP contribution in [0.5, 0.6) is 5.75 Å². The van der Waals surface area contributed by atoms with Crippen LogP contribution in [-0.2, 0) is 11.2 Å². The van der Waals surface area contributed by atoms with Crippen LogP contribution in [-0.4, -0.2) is 5.97 Å². The van der Waals surface area contributed by atoms with Crippen LogP contribution in [0.15, 0.2) is 30.4 Å². The highest BCUT2D eigenvalue weighted by atomic mass is 16.5. The molecule has 0 spiro atoms. The number of hydrogen-bond donors (Lipinski definition) is 0. The normalized spacial score (nSPS) is 34.4. The van der Waals surface area contributed by atoms with Crippen LogP contribution in [0, 0.1) is 17.3 Å². The van der Waals surface area contributed by atoms with Crippen molar-refractivity contribution >= 4 is 5.97 Å². The van der Waals surface area contributed by atoms with Crippen LogP contribution in [0.1, 0.15) is 63.0 Å². The highest BCUT2D eigenvalue weighted by molar-refractivity contribution is 5.72. The van der Waals surface area contributed by atoms with Gasteiger partial charge in [0, 0.05) is 6.42 Å². The summed E-state index contributed by atoms with van der Waals surface area (Å²) in [5.74, 6) is 2.92. The van der Waals surface area contributed by atoms with Crippen LogP contribution >= 0.6 is 0 Å². The Hall–Kier alpha value is -1.57. The van der Waals surface area contributed by atoms with E-state index in [0.29, 0.717) is 17.8 Å². The van der Waals surface area contributed by atoms with Gasteiger partial charge in [0.1, 0.15) is 5.75 Å². The summed E-state index contributed by atoms with van der Waals surface area (Å²) >= 11 is 0. The molecule has 0 aromatic heterocycles. The number of benzene rings is 1. The summed E-state index contributed by atoms with van der Waals surface area (Å²) in [6, 6.07) is 6.34.